The number of carbonyl (C=O) groups excluding carboxylic acids is 1. The van der Waals surface area contributed by atoms with E-state index in [-0.39, 0.29) is 24.0 Å². The van der Waals surface area contributed by atoms with Crippen LogP contribution in [0.5, 0.6) is 0 Å². The highest BCUT2D eigenvalue weighted by Crippen LogP contribution is 2.37. The van der Waals surface area contributed by atoms with E-state index in [0.717, 1.165) is 30.7 Å². The van der Waals surface area contributed by atoms with Crippen LogP contribution in [0, 0.1) is 5.92 Å². The van der Waals surface area contributed by atoms with Crippen molar-refractivity contribution in [3.63, 3.8) is 0 Å². The van der Waals surface area contributed by atoms with Crippen molar-refractivity contribution in [2.24, 2.45) is 5.92 Å². The topological polar surface area (TPSA) is 78.4 Å². The lowest BCUT2D eigenvalue weighted by Gasteiger charge is -2.37. The lowest BCUT2D eigenvalue weighted by molar-refractivity contribution is -0.142. The molecule has 5 nitrogen and oxygen atoms in total. The van der Waals surface area contributed by atoms with Gasteiger partial charge >= 0.3 is 12.0 Å². The Kier molecular flexibility index (Phi) is 5.29. The Morgan fingerprint density at radius 2 is 1.71 bits per heavy atom. The molecule has 3 N–H and O–H groups in total. The average molecular weight is 351 g/mol. The zero-order chi connectivity index (χ0) is 17.1. The molecule has 0 unspecified atom stereocenters. The second-order valence-electron chi connectivity index (χ2n) is 6.92. The third-order valence-electron chi connectivity index (χ3n) is 5.21. The molecule has 0 heterocycles. The number of urea groups is 1. The highest BCUT2D eigenvalue weighted by atomic mass is 35.5. The molecule has 0 atom stereocenters. The summed E-state index contributed by atoms with van der Waals surface area (Å²) >= 11 is 6.01. The maximum Gasteiger partial charge on any atom is 0.315 e. The van der Waals surface area contributed by atoms with Gasteiger partial charge in [-0.15, -0.1) is 0 Å². The molecular formula is C18H23ClN2O3. The van der Waals surface area contributed by atoms with Gasteiger partial charge in [0.15, 0.2) is 0 Å². The fourth-order valence-corrected chi connectivity index (χ4v) is 3.86. The zero-order valence-corrected chi connectivity index (χ0v) is 14.3. The summed E-state index contributed by atoms with van der Waals surface area (Å²) < 4.78 is 0. The first-order valence-electron chi connectivity index (χ1n) is 8.56. The van der Waals surface area contributed by atoms with Crippen molar-refractivity contribution in [1.82, 2.24) is 10.6 Å². The summed E-state index contributed by atoms with van der Waals surface area (Å²) in [6.07, 6.45) is 4.61. The molecule has 3 rings (SSSR count). The summed E-state index contributed by atoms with van der Waals surface area (Å²) in [5, 5.41) is 15.7. The van der Waals surface area contributed by atoms with Crippen LogP contribution in [0.15, 0.2) is 24.3 Å². The number of aliphatic carboxylic acids is 1. The van der Waals surface area contributed by atoms with Gasteiger partial charge in [0.1, 0.15) is 0 Å². The van der Waals surface area contributed by atoms with Gasteiger partial charge in [0.2, 0.25) is 0 Å². The quantitative estimate of drug-likeness (QED) is 0.777. The molecule has 1 aromatic carbocycles. The molecule has 24 heavy (non-hydrogen) atoms. The van der Waals surface area contributed by atoms with Gasteiger partial charge in [0.05, 0.1) is 5.92 Å². The van der Waals surface area contributed by atoms with Crippen molar-refractivity contribution in [2.75, 3.05) is 0 Å². The number of halogens is 1. The van der Waals surface area contributed by atoms with Crippen molar-refractivity contribution in [2.45, 2.75) is 56.5 Å². The van der Waals surface area contributed by atoms with Crippen molar-refractivity contribution >= 4 is 23.6 Å². The zero-order valence-electron chi connectivity index (χ0n) is 13.5. The minimum absolute atomic E-state index is 0.0874. The normalized spacial score (nSPS) is 29.4. The van der Waals surface area contributed by atoms with Gasteiger partial charge in [-0.05, 0) is 62.1 Å². The smallest absolute Gasteiger partial charge is 0.315 e. The number of carboxylic acid groups (broad SMARTS) is 1. The lowest BCUT2D eigenvalue weighted by atomic mass is 9.76. The summed E-state index contributed by atoms with van der Waals surface area (Å²) in [7, 11) is 0. The predicted octanol–water partition coefficient (Wildman–Crippen LogP) is 3.53. The van der Waals surface area contributed by atoms with Gasteiger partial charge in [-0.3, -0.25) is 4.79 Å². The van der Waals surface area contributed by atoms with Gasteiger partial charge in [0, 0.05) is 17.1 Å². The van der Waals surface area contributed by atoms with Gasteiger partial charge in [-0.2, -0.15) is 0 Å². The first-order chi connectivity index (χ1) is 11.5. The standard InChI is InChI=1S/C18H23ClN2O3/c19-14-3-1-2-12(8-14)13-9-16(10-13)21-18(24)20-15-6-4-11(5-7-15)17(22)23/h1-3,8,11,13,15-16H,4-7,9-10H2,(H,22,23)(H2,20,21,24). The van der Waals surface area contributed by atoms with E-state index in [4.69, 9.17) is 16.7 Å². The van der Waals surface area contributed by atoms with Gasteiger partial charge < -0.3 is 15.7 Å². The maximum atomic E-state index is 12.1. The Labute approximate surface area is 146 Å². The van der Waals surface area contributed by atoms with E-state index < -0.39 is 5.97 Å². The lowest BCUT2D eigenvalue weighted by Crippen LogP contribution is -2.50. The molecule has 2 amide bonds. The molecular weight excluding hydrogens is 328 g/mol. The second kappa shape index (κ2) is 7.43. The van der Waals surface area contributed by atoms with E-state index in [1.165, 1.54) is 5.56 Å². The van der Waals surface area contributed by atoms with Crippen LogP contribution in [0.3, 0.4) is 0 Å². The van der Waals surface area contributed by atoms with Crippen LogP contribution in [-0.4, -0.2) is 29.2 Å². The Morgan fingerprint density at radius 1 is 1.04 bits per heavy atom. The molecule has 2 aliphatic carbocycles. The largest absolute Gasteiger partial charge is 0.481 e. The Bertz CT molecular complexity index is 608. The Hall–Kier alpha value is -1.75. The number of carboxylic acids is 1. The van der Waals surface area contributed by atoms with Crippen LogP contribution in [0.1, 0.15) is 50.0 Å². The van der Waals surface area contributed by atoms with Crippen molar-refractivity contribution in [1.29, 1.82) is 0 Å². The predicted molar refractivity (Wildman–Crippen MR) is 92.3 cm³/mol. The number of carbonyl (C=O) groups is 2. The number of hydrogen-bond donors (Lipinski definition) is 3. The van der Waals surface area contributed by atoms with E-state index in [0.29, 0.717) is 18.8 Å². The van der Waals surface area contributed by atoms with Crippen LogP contribution in [0.4, 0.5) is 4.79 Å². The molecule has 0 radical (unpaired) electrons. The summed E-state index contributed by atoms with van der Waals surface area (Å²) in [6.45, 7) is 0. The SMILES string of the molecule is O=C(NC1CCC(C(=O)O)CC1)NC1CC(c2cccc(Cl)c2)C1. The molecule has 0 bridgehead atoms. The first kappa shape index (κ1) is 17.1. The molecule has 6 heteroatoms. The Balaban J connectivity index is 1.37. The molecule has 2 saturated carbocycles. The number of benzene rings is 1. The van der Waals surface area contributed by atoms with Gasteiger partial charge in [-0.1, -0.05) is 23.7 Å². The van der Waals surface area contributed by atoms with Crippen LogP contribution in [-0.2, 0) is 4.79 Å². The molecule has 0 aliphatic heterocycles. The van der Waals surface area contributed by atoms with Crippen LogP contribution >= 0.6 is 11.6 Å². The van der Waals surface area contributed by atoms with Crippen molar-refractivity contribution < 1.29 is 14.7 Å². The second-order valence-corrected chi connectivity index (χ2v) is 7.36. The van der Waals surface area contributed by atoms with Crippen LogP contribution in [0.2, 0.25) is 5.02 Å². The molecule has 0 spiro atoms. The molecule has 1 aromatic rings. The van der Waals surface area contributed by atoms with E-state index in [1.54, 1.807) is 0 Å². The molecule has 0 aromatic heterocycles. The average Bonchev–Trinajstić information content (AvgIpc) is 2.51. The summed E-state index contributed by atoms with van der Waals surface area (Å²) in [5.74, 6) is -0.518. The molecule has 0 saturated heterocycles. The number of amides is 2. The fraction of sp³-hybridized carbons (Fsp3) is 0.556. The van der Waals surface area contributed by atoms with Crippen LogP contribution < -0.4 is 10.6 Å². The summed E-state index contributed by atoms with van der Waals surface area (Å²) in [4.78, 5) is 23.0. The minimum Gasteiger partial charge on any atom is -0.481 e. The first-order valence-corrected chi connectivity index (χ1v) is 8.94. The maximum absolute atomic E-state index is 12.1. The molecule has 130 valence electrons. The minimum atomic E-state index is -0.723. The number of hydrogen-bond acceptors (Lipinski definition) is 2. The van der Waals surface area contributed by atoms with E-state index in [9.17, 15) is 9.59 Å². The molecule has 2 fully saturated rings. The third-order valence-corrected chi connectivity index (χ3v) is 5.44. The van der Waals surface area contributed by atoms with E-state index >= 15 is 0 Å². The third kappa shape index (κ3) is 4.20. The molecule has 2 aliphatic rings. The van der Waals surface area contributed by atoms with E-state index in [2.05, 4.69) is 16.7 Å². The van der Waals surface area contributed by atoms with Gasteiger partial charge in [-0.25, -0.2) is 4.79 Å². The summed E-state index contributed by atoms with van der Waals surface area (Å²) in [5.41, 5.74) is 1.23. The van der Waals surface area contributed by atoms with Crippen molar-refractivity contribution in [3.8, 4) is 0 Å². The Morgan fingerprint density at radius 3 is 2.33 bits per heavy atom. The van der Waals surface area contributed by atoms with E-state index in [1.807, 2.05) is 18.2 Å². The summed E-state index contributed by atoms with van der Waals surface area (Å²) in [6, 6.07) is 8.04. The number of rotatable bonds is 4. The van der Waals surface area contributed by atoms with Crippen LogP contribution in [0.25, 0.3) is 0 Å². The highest BCUT2D eigenvalue weighted by Gasteiger charge is 2.32. The van der Waals surface area contributed by atoms with Gasteiger partial charge in [0.25, 0.3) is 0 Å². The van der Waals surface area contributed by atoms with Crippen molar-refractivity contribution in [3.05, 3.63) is 34.9 Å². The highest BCUT2D eigenvalue weighted by molar-refractivity contribution is 6.30. The monoisotopic (exact) mass is 350 g/mol. The number of nitrogens with one attached hydrogen (secondary N) is 2. The fourth-order valence-electron chi connectivity index (χ4n) is 3.67.